The minimum Gasteiger partial charge on any atom is -0.425 e. The van der Waals surface area contributed by atoms with Crippen molar-refractivity contribution in [2.45, 2.75) is 6.92 Å². The molecule has 0 saturated heterocycles. The zero-order chi connectivity index (χ0) is 16.9. The van der Waals surface area contributed by atoms with E-state index in [-0.39, 0.29) is 5.78 Å². The van der Waals surface area contributed by atoms with Crippen LogP contribution in [0.1, 0.15) is 22.8 Å². The molecule has 0 atom stereocenters. The van der Waals surface area contributed by atoms with Gasteiger partial charge in [-0.25, -0.2) is 0 Å². The number of carbonyl (C=O) groups excluding carboxylic acids is 2. The fourth-order valence-electron chi connectivity index (χ4n) is 2.46. The molecule has 0 aliphatic rings. The van der Waals surface area contributed by atoms with E-state index in [2.05, 4.69) is 6.07 Å². The summed E-state index contributed by atoms with van der Waals surface area (Å²) in [5.41, 5.74) is 2.73. The Kier molecular flexibility index (Phi) is 4.52. The number of benzene rings is 3. The van der Waals surface area contributed by atoms with Gasteiger partial charge in [-0.05, 0) is 11.6 Å². The number of esters is 1. The lowest BCUT2D eigenvalue weighted by molar-refractivity contribution is -0.131. The van der Waals surface area contributed by atoms with Crippen LogP contribution in [0.4, 0.5) is 0 Å². The van der Waals surface area contributed by atoms with Gasteiger partial charge in [-0.2, -0.15) is 0 Å². The Labute approximate surface area is 140 Å². The first-order valence-electron chi connectivity index (χ1n) is 7.54. The molecule has 0 saturated carbocycles. The van der Waals surface area contributed by atoms with Gasteiger partial charge >= 0.3 is 5.97 Å². The highest BCUT2D eigenvalue weighted by Gasteiger charge is 2.12. The van der Waals surface area contributed by atoms with Gasteiger partial charge in [-0.3, -0.25) is 9.59 Å². The van der Waals surface area contributed by atoms with Gasteiger partial charge in [0.05, 0.1) is 0 Å². The van der Waals surface area contributed by atoms with Gasteiger partial charge in [-0.15, -0.1) is 0 Å². The summed E-state index contributed by atoms with van der Waals surface area (Å²) < 4.78 is 5.21. The van der Waals surface area contributed by atoms with Crippen molar-refractivity contribution in [1.29, 1.82) is 0 Å². The van der Waals surface area contributed by atoms with Crippen molar-refractivity contribution in [3.63, 3.8) is 0 Å². The van der Waals surface area contributed by atoms with Crippen LogP contribution < -0.4 is 4.74 Å². The predicted molar refractivity (Wildman–Crippen MR) is 91.9 cm³/mol. The Balaban J connectivity index is 2.00. The van der Waals surface area contributed by atoms with Gasteiger partial charge in [0, 0.05) is 29.7 Å². The van der Waals surface area contributed by atoms with Crippen LogP contribution in [-0.4, -0.2) is 11.8 Å². The average Bonchev–Trinajstić information content (AvgIpc) is 2.62. The lowest BCUT2D eigenvalue weighted by Crippen LogP contribution is -2.03. The summed E-state index contributed by atoms with van der Waals surface area (Å²) in [6, 6.07) is 24.6. The minimum atomic E-state index is -0.407. The molecule has 3 heteroatoms. The van der Waals surface area contributed by atoms with Crippen LogP contribution in [0.5, 0.6) is 5.75 Å². The molecule has 0 aliphatic carbocycles. The molecule has 0 unspecified atom stereocenters. The van der Waals surface area contributed by atoms with Crippen LogP contribution in [0.15, 0.2) is 72.8 Å². The van der Waals surface area contributed by atoms with E-state index in [1.165, 1.54) is 6.92 Å². The van der Waals surface area contributed by atoms with Crippen LogP contribution in [0.2, 0.25) is 0 Å². The van der Waals surface area contributed by atoms with E-state index < -0.39 is 5.97 Å². The van der Waals surface area contributed by atoms with Crippen molar-refractivity contribution in [1.82, 2.24) is 0 Å². The van der Waals surface area contributed by atoms with Gasteiger partial charge in [0.15, 0.2) is 5.78 Å². The van der Waals surface area contributed by atoms with Crippen molar-refractivity contribution < 1.29 is 14.3 Å². The van der Waals surface area contributed by atoms with Crippen molar-refractivity contribution in [2.24, 2.45) is 0 Å². The van der Waals surface area contributed by atoms with Crippen molar-refractivity contribution >= 4 is 11.8 Å². The molecule has 3 rings (SSSR count). The Morgan fingerprint density at radius 2 is 1.62 bits per heavy atom. The number of carbonyl (C=O) groups is 2. The molecule has 0 N–H and O–H groups in total. The Morgan fingerprint density at radius 3 is 2.38 bits per heavy atom. The van der Waals surface area contributed by atoms with Crippen molar-refractivity contribution in [3.8, 4) is 16.9 Å². The second-order valence-electron chi connectivity index (χ2n) is 5.28. The molecule has 0 bridgehead atoms. The molecule has 0 fully saturated rings. The molecule has 0 aromatic heterocycles. The first-order valence-corrected chi connectivity index (χ1v) is 7.54. The molecule has 0 spiro atoms. The molecule has 24 heavy (non-hydrogen) atoms. The summed E-state index contributed by atoms with van der Waals surface area (Å²) in [6.45, 7) is 1.35. The third-order valence-corrected chi connectivity index (χ3v) is 3.54. The van der Waals surface area contributed by atoms with E-state index >= 15 is 0 Å². The van der Waals surface area contributed by atoms with Crippen LogP contribution in [0, 0.1) is 6.07 Å². The first kappa shape index (κ1) is 15.7. The average molecular weight is 315 g/mol. The Morgan fingerprint density at radius 1 is 0.875 bits per heavy atom. The third-order valence-electron chi connectivity index (χ3n) is 3.54. The van der Waals surface area contributed by atoms with E-state index in [4.69, 9.17) is 4.74 Å². The Bertz CT molecular complexity index is 882. The molecule has 0 amide bonds. The minimum absolute atomic E-state index is 0.0496. The summed E-state index contributed by atoms with van der Waals surface area (Å²) in [4.78, 5) is 23.9. The van der Waals surface area contributed by atoms with Crippen LogP contribution >= 0.6 is 0 Å². The smallest absolute Gasteiger partial charge is 0.308 e. The second kappa shape index (κ2) is 6.92. The lowest BCUT2D eigenvalue weighted by atomic mass is 9.98. The van der Waals surface area contributed by atoms with Crippen molar-refractivity contribution in [3.05, 3.63) is 90.0 Å². The van der Waals surface area contributed by atoms with E-state index in [9.17, 15) is 9.59 Å². The van der Waals surface area contributed by atoms with Crippen LogP contribution in [0.25, 0.3) is 11.1 Å². The van der Waals surface area contributed by atoms with E-state index in [0.29, 0.717) is 16.9 Å². The van der Waals surface area contributed by atoms with E-state index in [0.717, 1.165) is 11.1 Å². The summed E-state index contributed by atoms with van der Waals surface area (Å²) in [6.07, 6.45) is 0. The normalized spacial score (nSPS) is 10.2. The second-order valence-corrected chi connectivity index (χ2v) is 5.28. The standard InChI is InChI=1S/C21H15O3/c1-15(22)24-20-13-6-5-12-19(20)17-10-7-11-18(14-17)21(23)16-8-3-2-4-9-16/h2-12,14H,1H3. The van der Waals surface area contributed by atoms with Crippen molar-refractivity contribution in [2.75, 3.05) is 0 Å². The molecular formula is C21H15O3. The number of ketones is 1. The number of ether oxygens (including phenoxy) is 1. The van der Waals surface area contributed by atoms with Crippen LogP contribution in [0.3, 0.4) is 0 Å². The molecular weight excluding hydrogens is 300 g/mol. The summed E-state index contributed by atoms with van der Waals surface area (Å²) >= 11 is 0. The van der Waals surface area contributed by atoms with Gasteiger partial charge < -0.3 is 4.74 Å². The zero-order valence-corrected chi connectivity index (χ0v) is 13.2. The fourth-order valence-corrected chi connectivity index (χ4v) is 2.46. The fraction of sp³-hybridized carbons (Fsp3) is 0.0476. The van der Waals surface area contributed by atoms with Crippen LogP contribution in [-0.2, 0) is 4.79 Å². The maximum absolute atomic E-state index is 12.6. The number of rotatable bonds is 4. The SMILES string of the molecule is CC(=O)Oc1[c]cccc1-c1cccc(C(=O)c2ccccc2)c1. The highest BCUT2D eigenvalue weighted by Crippen LogP contribution is 2.30. The number of hydrogen-bond donors (Lipinski definition) is 0. The van der Waals surface area contributed by atoms with E-state index in [1.54, 1.807) is 30.3 Å². The number of para-hydroxylation sites is 1. The van der Waals surface area contributed by atoms with E-state index in [1.807, 2.05) is 42.5 Å². The maximum Gasteiger partial charge on any atom is 0.308 e. The molecule has 3 aromatic rings. The molecule has 117 valence electrons. The molecule has 0 heterocycles. The third kappa shape index (κ3) is 3.41. The van der Waals surface area contributed by atoms with Gasteiger partial charge in [0.1, 0.15) is 5.75 Å². The highest BCUT2D eigenvalue weighted by molar-refractivity contribution is 6.09. The Hall–Kier alpha value is -3.20. The topological polar surface area (TPSA) is 43.4 Å². The lowest BCUT2D eigenvalue weighted by Gasteiger charge is -2.10. The first-order chi connectivity index (χ1) is 11.6. The zero-order valence-electron chi connectivity index (χ0n) is 13.2. The molecule has 3 aromatic carbocycles. The molecule has 0 aliphatic heterocycles. The quantitative estimate of drug-likeness (QED) is 0.409. The number of hydrogen-bond acceptors (Lipinski definition) is 3. The summed E-state index contributed by atoms with van der Waals surface area (Å²) in [5, 5.41) is 0. The highest BCUT2D eigenvalue weighted by atomic mass is 16.5. The maximum atomic E-state index is 12.6. The molecule has 1 radical (unpaired) electrons. The van der Waals surface area contributed by atoms with Gasteiger partial charge in [0.25, 0.3) is 0 Å². The predicted octanol–water partition coefficient (Wildman–Crippen LogP) is 4.31. The van der Waals surface area contributed by atoms with Gasteiger partial charge in [-0.1, -0.05) is 66.7 Å². The molecule has 3 nitrogen and oxygen atoms in total. The largest absolute Gasteiger partial charge is 0.425 e. The van der Waals surface area contributed by atoms with Gasteiger partial charge in [0.2, 0.25) is 0 Å². The summed E-state index contributed by atoms with van der Waals surface area (Å²) in [7, 11) is 0. The monoisotopic (exact) mass is 315 g/mol. The summed E-state index contributed by atoms with van der Waals surface area (Å²) in [5.74, 6) is -0.101.